The summed E-state index contributed by atoms with van der Waals surface area (Å²) >= 11 is 0. The number of methoxy groups -OCH3 is 1. The molecule has 19 heteroatoms. The Morgan fingerprint density at radius 1 is 0.797 bits per heavy atom. The van der Waals surface area contributed by atoms with Gasteiger partial charge in [-0.05, 0) is 45.1 Å². The van der Waals surface area contributed by atoms with Crippen molar-refractivity contribution >= 4 is 53.3 Å². The number of carbonyl (C=O) groups excluding carboxylic acids is 7. The van der Waals surface area contributed by atoms with Crippen LogP contribution in [0.25, 0.3) is 0 Å². The van der Waals surface area contributed by atoms with Crippen molar-refractivity contribution in [2.45, 2.75) is 117 Å². The van der Waals surface area contributed by atoms with Crippen LogP contribution in [0.3, 0.4) is 0 Å². The molecule has 0 radical (unpaired) electrons. The molecule has 0 bridgehead atoms. The minimum atomic E-state index is -1.83. The SMILES string of the molecule is C=C1C(=O)N[C@H](C)C(=O)N[C@@H](C(C)C)C(=O)N[C@@H](C(=O)O)[C@H](C)C(=O)N[C@@H](C)C(=O)N[C@@H](/C=C/C(C)=C/[C@H](C)[C@H](Cc2ccccc2)OC)[C@H](C)C(=O)N[C@@H](C(=O)O)CCC(=O)N1C. The summed E-state index contributed by atoms with van der Waals surface area (Å²) in [6.07, 6.45) is 4.74. The van der Waals surface area contributed by atoms with Gasteiger partial charge in [-0.15, -0.1) is 0 Å². The predicted octanol–water partition coefficient (Wildman–Crippen LogP) is 1.19. The van der Waals surface area contributed by atoms with Crippen molar-refractivity contribution in [3.8, 4) is 0 Å². The van der Waals surface area contributed by atoms with Gasteiger partial charge < -0.3 is 51.8 Å². The van der Waals surface area contributed by atoms with Crippen molar-refractivity contribution in [3.05, 3.63) is 72.0 Å². The van der Waals surface area contributed by atoms with E-state index in [-0.39, 0.29) is 12.0 Å². The van der Waals surface area contributed by atoms with Crippen LogP contribution in [0.15, 0.2) is 66.4 Å². The summed E-state index contributed by atoms with van der Waals surface area (Å²) in [6, 6.07) is 1.32. The molecule has 64 heavy (non-hydrogen) atoms. The summed E-state index contributed by atoms with van der Waals surface area (Å²) in [4.78, 5) is 119. The average Bonchev–Trinajstić information content (AvgIpc) is 3.24. The summed E-state index contributed by atoms with van der Waals surface area (Å²) in [7, 11) is 2.83. The number of carbonyl (C=O) groups is 9. The molecule has 1 saturated heterocycles. The molecule has 19 nitrogen and oxygen atoms in total. The van der Waals surface area contributed by atoms with Crippen molar-refractivity contribution in [3.63, 3.8) is 0 Å². The van der Waals surface area contributed by atoms with E-state index in [2.05, 4.69) is 38.5 Å². The maximum atomic E-state index is 13.7. The highest BCUT2D eigenvalue weighted by Crippen LogP contribution is 2.18. The fraction of sp³-hybridized carbons (Fsp3) is 0.533. The van der Waals surface area contributed by atoms with E-state index in [1.807, 2.05) is 50.3 Å². The second kappa shape index (κ2) is 25.1. The van der Waals surface area contributed by atoms with Crippen LogP contribution in [0, 0.1) is 23.7 Å². The van der Waals surface area contributed by atoms with Gasteiger partial charge in [0.2, 0.25) is 35.4 Å². The molecule has 0 aliphatic carbocycles. The lowest BCUT2D eigenvalue weighted by Crippen LogP contribution is -2.59. The largest absolute Gasteiger partial charge is 0.480 e. The van der Waals surface area contributed by atoms with Crippen LogP contribution < -0.4 is 31.9 Å². The lowest BCUT2D eigenvalue weighted by Gasteiger charge is -2.28. The normalized spacial score (nSPS) is 26.9. The molecule has 1 aliphatic heterocycles. The van der Waals surface area contributed by atoms with Gasteiger partial charge in [0, 0.05) is 26.5 Å². The predicted molar refractivity (Wildman–Crippen MR) is 236 cm³/mol. The lowest BCUT2D eigenvalue weighted by molar-refractivity contribution is -0.147. The maximum Gasteiger partial charge on any atom is 0.327 e. The first-order chi connectivity index (χ1) is 29.9. The third kappa shape index (κ3) is 16.1. The van der Waals surface area contributed by atoms with Gasteiger partial charge in [0.05, 0.1) is 24.0 Å². The van der Waals surface area contributed by atoms with Crippen molar-refractivity contribution in [1.29, 1.82) is 0 Å². The number of ether oxygens (including phenoxy) is 1. The van der Waals surface area contributed by atoms with E-state index in [1.54, 1.807) is 27.0 Å². The molecular weight excluding hydrogens is 831 g/mol. The fourth-order valence-electron chi connectivity index (χ4n) is 6.62. The third-order valence-electron chi connectivity index (χ3n) is 11.0. The van der Waals surface area contributed by atoms with Crippen LogP contribution in [-0.2, 0) is 54.3 Å². The molecule has 0 saturated carbocycles. The van der Waals surface area contributed by atoms with Gasteiger partial charge in [-0.2, -0.15) is 0 Å². The monoisotopic (exact) mass is 895 g/mol. The fourth-order valence-corrected chi connectivity index (χ4v) is 6.62. The number of nitrogens with one attached hydrogen (secondary N) is 6. The van der Waals surface area contributed by atoms with Crippen LogP contribution in [0.4, 0.5) is 0 Å². The number of aliphatic carboxylic acids is 2. The Morgan fingerprint density at radius 2 is 1.38 bits per heavy atom. The number of nitrogens with zero attached hydrogens (tertiary/aromatic N) is 1. The molecule has 0 spiro atoms. The summed E-state index contributed by atoms with van der Waals surface area (Å²) in [5.41, 5.74) is 1.41. The Hall–Kier alpha value is -6.37. The Balaban J connectivity index is 2.57. The minimum Gasteiger partial charge on any atom is -0.480 e. The molecule has 1 aliphatic rings. The molecule has 0 unspecified atom stereocenters. The first-order valence-corrected chi connectivity index (χ1v) is 21.1. The van der Waals surface area contributed by atoms with Gasteiger partial charge >= 0.3 is 11.9 Å². The topological polar surface area (TPSA) is 279 Å². The standard InChI is InChI=1S/C45H65N7O12/c1-23(2)36-43(59)51-37(45(62)63)27(6)39(55)46-28(7)40(56)48-32(18-17-24(3)21-25(4)34(64-11)22-31-15-13-12-14-16-31)26(5)38(54)49-33(44(60)61)19-20-35(53)52(10)30(9)42(58)47-29(8)41(57)50-36/h12-18,21,23,25-29,32-34,36-37H,9,19-20,22H2,1-8,10-11H3,(H,46,55)(H,47,58)(H,48,56)(H,49,54)(H,50,57)(H,51,59)(H,60,61)(H,62,63)/b18-17+,24-21+/t25-,26-,27-,28-,29+,32-,33+,34-,36-,37+/m0/s1. The third-order valence-corrected chi connectivity index (χ3v) is 11.0. The van der Waals surface area contributed by atoms with E-state index in [9.17, 15) is 53.4 Å². The van der Waals surface area contributed by atoms with Crippen molar-refractivity contribution in [1.82, 2.24) is 36.8 Å². The summed E-state index contributed by atoms with van der Waals surface area (Å²) in [5.74, 6) is -12.4. The number of carboxylic acids is 2. The quantitative estimate of drug-likeness (QED) is 0.122. The lowest BCUT2D eigenvalue weighted by atomic mass is 9.94. The smallest absolute Gasteiger partial charge is 0.327 e. The Kier molecular flexibility index (Phi) is 21.1. The molecular formula is C45H65N7O12. The molecule has 1 fully saturated rings. The molecule has 8 N–H and O–H groups in total. The molecule has 10 atom stereocenters. The number of rotatable bonds is 10. The molecule has 1 heterocycles. The highest BCUT2D eigenvalue weighted by Gasteiger charge is 2.37. The molecule has 1 aromatic carbocycles. The van der Waals surface area contributed by atoms with E-state index >= 15 is 0 Å². The van der Waals surface area contributed by atoms with Crippen molar-refractivity contribution in [2.75, 3.05) is 14.2 Å². The first kappa shape index (κ1) is 53.8. The zero-order chi connectivity index (χ0) is 48.6. The first-order valence-electron chi connectivity index (χ1n) is 21.1. The average molecular weight is 896 g/mol. The number of likely N-dealkylation sites (N-methyl/N-ethyl adjacent to an activating group) is 1. The Bertz CT molecular complexity index is 1950. The Morgan fingerprint density at radius 3 is 1.94 bits per heavy atom. The van der Waals surface area contributed by atoms with Crippen LogP contribution in [-0.4, -0.2) is 125 Å². The highest BCUT2D eigenvalue weighted by atomic mass is 16.5. The maximum absolute atomic E-state index is 13.7. The van der Waals surface area contributed by atoms with Gasteiger partial charge in [-0.1, -0.05) is 95.3 Å². The summed E-state index contributed by atoms with van der Waals surface area (Å²) in [6.45, 7) is 15.8. The van der Waals surface area contributed by atoms with Crippen molar-refractivity contribution in [2.24, 2.45) is 23.7 Å². The number of allylic oxidation sites excluding steroid dienone is 2. The number of carboxylic acid groups (broad SMARTS) is 2. The van der Waals surface area contributed by atoms with E-state index in [0.29, 0.717) is 6.42 Å². The highest BCUT2D eigenvalue weighted by molar-refractivity contribution is 6.00. The van der Waals surface area contributed by atoms with Gasteiger partial charge in [0.15, 0.2) is 0 Å². The Labute approximate surface area is 374 Å². The van der Waals surface area contributed by atoms with Crippen LogP contribution in [0.5, 0.6) is 0 Å². The van der Waals surface area contributed by atoms with Gasteiger partial charge in [-0.25, -0.2) is 9.59 Å². The zero-order valence-corrected chi connectivity index (χ0v) is 38.2. The van der Waals surface area contributed by atoms with Crippen LogP contribution >= 0.6 is 0 Å². The molecule has 7 amide bonds. The number of benzene rings is 1. The van der Waals surface area contributed by atoms with E-state index in [1.165, 1.54) is 40.8 Å². The van der Waals surface area contributed by atoms with Gasteiger partial charge in [0.25, 0.3) is 5.91 Å². The van der Waals surface area contributed by atoms with Gasteiger partial charge in [0.1, 0.15) is 35.9 Å². The van der Waals surface area contributed by atoms with E-state index in [0.717, 1.165) is 16.0 Å². The number of hydrogen-bond donors (Lipinski definition) is 8. The summed E-state index contributed by atoms with van der Waals surface area (Å²) in [5, 5.41) is 34.8. The van der Waals surface area contributed by atoms with Crippen LogP contribution in [0.1, 0.15) is 73.8 Å². The molecule has 0 aromatic heterocycles. The van der Waals surface area contributed by atoms with E-state index in [4.69, 9.17) is 4.74 Å². The molecule has 1 aromatic rings. The minimum absolute atomic E-state index is 0.0873. The molecule has 2 rings (SSSR count). The van der Waals surface area contributed by atoms with Crippen LogP contribution in [0.2, 0.25) is 0 Å². The summed E-state index contributed by atoms with van der Waals surface area (Å²) < 4.78 is 5.78. The zero-order valence-electron chi connectivity index (χ0n) is 38.2. The van der Waals surface area contributed by atoms with E-state index < -0.39 is 126 Å². The number of amides is 7. The second-order valence-corrected chi connectivity index (χ2v) is 16.5. The molecule has 352 valence electrons. The van der Waals surface area contributed by atoms with Crippen molar-refractivity contribution < 1.29 is 58.1 Å². The second-order valence-electron chi connectivity index (χ2n) is 16.5. The number of hydrogen-bond acceptors (Lipinski definition) is 10. The van der Waals surface area contributed by atoms with Gasteiger partial charge in [-0.3, -0.25) is 33.6 Å².